The lowest BCUT2D eigenvalue weighted by Gasteiger charge is -2.40. The molecular weight excluding hydrogens is 497 g/mol. The molecule has 38 heavy (non-hydrogen) atoms. The number of hydrogen-bond acceptors (Lipinski definition) is 5. The lowest BCUT2D eigenvalue weighted by molar-refractivity contribution is -0.141. The van der Waals surface area contributed by atoms with Gasteiger partial charge in [0, 0.05) is 55.9 Å². The van der Waals surface area contributed by atoms with E-state index in [-0.39, 0.29) is 17.7 Å². The fraction of sp³-hybridized carbons (Fsp3) is 0.393. The van der Waals surface area contributed by atoms with Crippen molar-refractivity contribution in [2.75, 3.05) is 51.3 Å². The van der Waals surface area contributed by atoms with Gasteiger partial charge in [-0.25, -0.2) is 4.98 Å². The number of piperidine rings is 1. The molecule has 0 aliphatic carbocycles. The largest absolute Gasteiger partial charge is 0.497 e. The van der Waals surface area contributed by atoms with Crippen LogP contribution in [0.1, 0.15) is 28.9 Å². The van der Waals surface area contributed by atoms with E-state index < -0.39 is 11.9 Å². The number of hydrogen-bond donors (Lipinski definition) is 0. The second-order valence-electron chi connectivity index (χ2n) is 9.67. The zero-order valence-corrected chi connectivity index (χ0v) is 21.1. The van der Waals surface area contributed by atoms with Gasteiger partial charge in [0.15, 0.2) is 0 Å². The van der Waals surface area contributed by atoms with Crippen molar-refractivity contribution < 1.29 is 27.5 Å². The third kappa shape index (κ3) is 5.25. The van der Waals surface area contributed by atoms with Gasteiger partial charge in [-0.2, -0.15) is 13.2 Å². The molecule has 5 rings (SSSR count). The topological polar surface area (TPSA) is 66.0 Å². The fourth-order valence-electron chi connectivity index (χ4n) is 5.27. The average molecular weight is 527 g/mol. The molecule has 1 unspecified atom stereocenters. The van der Waals surface area contributed by atoms with Crippen LogP contribution in [-0.2, 0) is 11.0 Å². The number of aromatic nitrogens is 1. The zero-order valence-electron chi connectivity index (χ0n) is 21.1. The van der Waals surface area contributed by atoms with E-state index in [1.54, 1.807) is 65.4 Å². The summed E-state index contributed by atoms with van der Waals surface area (Å²) in [6, 6.07) is 14.8. The van der Waals surface area contributed by atoms with Gasteiger partial charge in [0.2, 0.25) is 5.91 Å². The molecule has 0 bridgehead atoms. The van der Waals surface area contributed by atoms with Gasteiger partial charge < -0.3 is 19.4 Å². The number of fused-ring (bicyclic) bond motifs is 1. The molecule has 10 heteroatoms. The van der Waals surface area contributed by atoms with Gasteiger partial charge in [0.05, 0.1) is 18.5 Å². The summed E-state index contributed by atoms with van der Waals surface area (Å²) in [6.45, 7) is 2.59. The van der Waals surface area contributed by atoms with Gasteiger partial charge >= 0.3 is 6.18 Å². The van der Waals surface area contributed by atoms with Crippen LogP contribution in [-0.4, -0.2) is 73.0 Å². The van der Waals surface area contributed by atoms with Crippen LogP contribution >= 0.6 is 0 Å². The van der Waals surface area contributed by atoms with Crippen molar-refractivity contribution in [3.8, 4) is 5.75 Å². The Morgan fingerprint density at radius 3 is 2.34 bits per heavy atom. The zero-order chi connectivity index (χ0) is 26.9. The minimum atomic E-state index is -4.55. The van der Waals surface area contributed by atoms with Crippen molar-refractivity contribution in [2.45, 2.75) is 19.0 Å². The Bertz CT molecular complexity index is 1320. The first-order valence-corrected chi connectivity index (χ1v) is 12.7. The normalized spacial score (nSPS) is 18.5. The summed E-state index contributed by atoms with van der Waals surface area (Å²) in [4.78, 5) is 35.6. The molecule has 2 aliphatic heterocycles. The van der Waals surface area contributed by atoms with Crippen molar-refractivity contribution in [3.05, 3.63) is 65.9 Å². The number of anilines is 1. The van der Waals surface area contributed by atoms with E-state index in [2.05, 4.69) is 4.98 Å². The van der Waals surface area contributed by atoms with Crippen molar-refractivity contribution in [1.82, 2.24) is 14.8 Å². The quantitative estimate of drug-likeness (QED) is 0.502. The highest BCUT2D eigenvalue weighted by molar-refractivity contribution is 5.95. The summed E-state index contributed by atoms with van der Waals surface area (Å²) < 4.78 is 45.7. The molecule has 0 N–H and O–H groups in total. The Morgan fingerprint density at radius 2 is 1.66 bits per heavy atom. The minimum absolute atomic E-state index is 0.00699. The molecule has 0 spiro atoms. The number of nitrogens with zero attached hydrogens (tertiary/aromatic N) is 4. The number of carbonyl (C=O) groups is 2. The lowest BCUT2D eigenvalue weighted by atomic mass is 9.95. The van der Waals surface area contributed by atoms with Gasteiger partial charge in [0.1, 0.15) is 11.4 Å². The maximum Gasteiger partial charge on any atom is 0.433 e. The maximum atomic E-state index is 13.5. The third-order valence-electron chi connectivity index (χ3n) is 7.31. The van der Waals surface area contributed by atoms with Crippen molar-refractivity contribution in [1.29, 1.82) is 0 Å². The average Bonchev–Trinajstić information content (AvgIpc) is 2.95. The summed E-state index contributed by atoms with van der Waals surface area (Å²) in [5, 5.41) is 0.653. The molecule has 2 aliphatic rings. The standard InChI is InChI=1S/C28H29F3N4O3/c1-38-21-10-8-19(9-11-21)26(36)35-12-4-5-20(18-35)27(37)34-15-13-33(14-16-34)24-17-25(28(29,30)31)32-23-7-3-2-6-22(23)24/h2-3,6-11,17,20H,4-5,12-16,18H2,1H3. The van der Waals surface area contributed by atoms with Crippen LogP contribution in [0.25, 0.3) is 10.9 Å². The molecule has 200 valence electrons. The number of ether oxygens (including phenoxy) is 1. The summed E-state index contributed by atoms with van der Waals surface area (Å²) in [6.07, 6.45) is -3.11. The molecule has 0 saturated carbocycles. The molecule has 0 radical (unpaired) electrons. The second-order valence-corrected chi connectivity index (χ2v) is 9.67. The van der Waals surface area contributed by atoms with E-state index in [1.807, 2.05) is 4.90 Å². The summed E-state index contributed by atoms with van der Waals surface area (Å²) in [5.41, 5.74) is 0.396. The van der Waals surface area contributed by atoms with E-state index in [0.717, 1.165) is 12.5 Å². The Hall–Kier alpha value is -3.82. The number of carbonyl (C=O) groups excluding carboxylic acids is 2. The van der Waals surface area contributed by atoms with Crippen LogP contribution in [0.5, 0.6) is 5.75 Å². The van der Waals surface area contributed by atoms with Gasteiger partial charge in [-0.15, -0.1) is 0 Å². The molecule has 2 saturated heterocycles. The predicted molar refractivity (Wildman–Crippen MR) is 137 cm³/mol. The Kier molecular flexibility index (Phi) is 7.14. The van der Waals surface area contributed by atoms with Gasteiger partial charge in [-0.3, -0.25) is 9.59 Å². The Labute approximate surface area is 218 Å². The number of methoxy groups -OCH3 is 1. The molecule has 1 aromatic heterocycles. The number of rotatable bonds is 4. The Morgan fingerprint density at radius 1 is 0.947 bits per heavy atom. The molecule has 2 aromatic carbocycles. The van der Waals surface area contributed by atoms with E-state index >= 15 is 0 Å². The first-order chi connectivity index (χ1) is 18.2. The van der Waals surface area contributed by atoms with Crippen LogP contribution in [0.15, 0.2) is 54.6 Å². The number of amides is 2. The lowest BCUT2D eigenvalue weighted by Crippen LogP contribution is -2.53. The molecule has 3 aromatic rings. The SMILES string of the molecule is COc1ccc(C(=O)N2CCCC(C(=O)N3CCN(c4cc(C(F)(F)F)nc5ccccc45)CC3)C2)cc1. The number of piperazine rings is 1. The first-order valence-electron chi connectivity index (χ1n) is 12.7. The molecule has 1 atom stereocenters. The van der Waals surface area contributed by atoms with Crippen LogP contribution < -0.4 is 9.64 Å². The van der Waals surface area contributed by atoms with E-state index in [4.69, 9.17) is 4.74 Å². The highest BCUT2D eigenvalue weighted by atomic mass is 19.4. The van der Waals surface area contributed by atoms with Crippen molar-refractivity contribution in [3.63, 3.8) is 0 Å². The minimum Gasteiger partial charge on any atom is -0.497 e. The fourth-order valence-corrected chi connectivity index (χ4v) is 5.27. The molecule has 7 nitrogen and oxygen atoms in total. The maximum absolute atomic E-state index is 13.5. The highest BCUT2D eigenvalue weighted by Gasteiger charge is 2.36. The molecule has 3 heterocycles. The number of likely N-dealkylation sites (tertiary alicyclic amines) is 1. The van der Waals surface area contributed by atoms with Crippen LogP contribution in [0, 0.1) is 5.92 Å². The summed E-state index contributed by atoms with van der Waals surface area (Å²) in [5.74, 6) is 0.255. The van der Waals surface area contributed by atoms with Crippen LogP contribution in [0.2, 0.25) is 0 Å². The monoisotopic (exact) mass is 526 g/mol. The van der Waals surface area contributed by atoms with E-state index in [9.17, 15) is 22.8 Å². The summed E-state index contributed by atoms with van der Waals surface area (Å²) in [7, 11) is 1.57. The molecule has 2 amide bonds. The van der Waals surface area contributed by atoms with E-state index in [0.29, 0.717) is 73.6 Å². The molecular formula is C28H29F3N4O3. The molecule has 2 fully saturated rings. The van der Waals surface area contributed by atoms with Crippen molar-refractivity contribution in [2.24, 2.45) is 5.92 Å². The first kappa shape index (κ1) is 25.8. The highest BCUT2D eigenvalue weighted by Crippen LogP contribution is 2.35. The van der Waals surface area contributed by atoms with Crippen molar-refractivity contribution >= 4 is 28.4 Å². The van der Waals surface area contributed by atoms with Gasteiger partial charge in [0.25, 0.3) is 5.91 Å². The summed E-state index contributed by atoms with van der Waals surface area (Å²) >= 11 is 0. The van der Waals surface area contributed by atoms with Gasteiger partial charge in [-0.1, -0.05) is 18.2 Å². The Balaban J connectivity index is 1.25. The predicted octanol–water partition coefficient (Wildman–Crippen LogP) is 4.46. The third-order valence-corrected chi connectivity index (χ3v) is 7.31. The van der Waals surface area contributed by atoms with Crippen LogP contribution in [0.3, 0.4) is 0 Å². The number of pyridine rings is 1. The van der Waals surface area contributed by atoms with Crippen LogP contribution in [0.4, 0.5) is 18.9 Å². The second kappa shape index (κ2) is 10.5. The van der Waals surface area contributed by atoms with Gasteiger partial charge in [-0.05, 0) is 49.2 Å². The number of para-hydroxylation sites is 1. The number of alkyl halides is 3. The number of halogens is 3. The van der Waals surface area contributed by atoms with E-state index in [1.165, 1.54) is 0 Å². The smallest absolute Gasteiger partial charge is 0.433 e. The number of benzene rings is 2.